The van der Waals surface area contributed by atoms with Gasteiger partial charge >= 0.3 is 23.9 Å². The van der Waals surface area contributed by atoms with Crippen LogP contribution in [0.1, 0.15) is 42.5 Å². The van der Waals surface area contributed by atoms with Gasteiger partial charge in [-0.15, -0.1) is 0 Å². The number of imidazole rings is 1. The SMILES string of the molecule is N#C[C@@H]1CC(F)(F)CN1C(=O)CNC(=O)c1ccnc2ccc(OCCCN3CCN(C(=O)[C@H](CCC(=O)NCCCn4ccnc4[N+](=O)[O-])NC(=O)CN4CCN(CC(=O)O)CCN(CC(=O)O)CCN(CC(=O)O)CC4)CC3)cc12. The molecule has 2 aromatic heterocycles. The second-order valence-electron chi connectivity index (χ2n) is 20.1. The Kier molecular flexibility index (Phi) is 23.6. The number of nitriles is 1. The van der Waals surface area contributed by atoms with Crippen LogP contribution in [0, 0.1) is 21.4 Å². The van der Waals surface area contributed by atoms with Gasteiger partial charge in [-0.25, -0.2) is 13.3 Å². The number of ether oxygens (including phenoxy) is 1. The molecule has 5 heterocycles. The van der Waals surface area contributed by atoms with Gasteiger partial charge in [0.15, 0.2) is 0 Å². The van der Waals surface area contributed by atoms with Crippen molar-refractivity contribution in [1.29, 1.82) is 5.26 Å². The van der Waals surface area contributed by atoms with Crippen LogP contribution in [0.5, 0.6) is 5.75 Å². The molecule has 3 saturated heterocycles. The Morgan fingerprint density at radius 3 is 1.95 bits per heavy atom. The first-order valence-electron chi connectivity index (χ1n) is 26.8. The monoisotopic (exact) mass is 1150 g/mol. The number of carboxylic acids is 3. The molecule has 0 radical (unpaired) electrons. The van der Waals surface area contributed by atoms with E-state index in [0.717, 1.165) is 4.90 Å². The largest absolute Gasteiger partial charge is 0.494 e. The molecular formula is C51H69F2N15O14. The fraction of sp³-hybridized carbons (Fsp3) is 0.588. The number of amides is 5. The summed E-state index contributed by atoms with van der Waals surface area (Å²) in [6, 6.07) is 5.66. The van der Waals surface area contributed by atoms with E-state index in [4.69, 9.17) is 4.74 Å². The van der Waals surface area contributed by atoms with Crippen LogP contribution in [0.15, 0.2) is 42.9 Å². The topological polar surface area (TPSA) is 363 Å². The molecule has 6 rings (SSSR count). The van der Waals surface area contributed by atoms with Crippen LogP contribution in [0.4, 0.5) is 14.7 Å². The quantitative estimate of drug-likeness (QED) is 0.0309. The van der Waals surface area contributed by atoms with Gasteiger partial charge in [-0.05, 0) is 48.5 Å². The third kappa shape index (κ3) is 19.9. The smallest absolute Gasteiger partial charge is 0.434 e. The average Bonchev–Trinajstić information content (AvgIpc) is 4.22. The zero-order valence-electron chi connectivity index (χ0n) is 45.2. The molecule has 446 valence electrons. The number of nitro groups is 1. The van der Waals surface area contributed by atoms with Crippen LogP contribution in [0.2, 0.25) is 0 Å². The maximum atomic E-state index is 14.3. The van der Waals surface area contributed by atoms with Crippen LogP contribution < -0.4 is 20.7 Å². The molecule has 6 N–H and O–H groups in total. The Bertz CT molecular complexity index is 2760. The van der Waals surface area contributed by atoms with E-state index < -0.39 is 89.9 Å². The molecule has 0 aliphatic carbocycles. The van der Waals surface area contributed by atoms with Crippen molar-refractivity contribution >= 4 is 64.3 Å². The number of carbonyl (C=O) groups excluding carboxylic acids is 5. The lowest BCUT2D eigenvalue weighted by atomic mass is 10.1. The van der Waals surface area contributed by atoms with Crippen molar-refractivity contribution in [1.82, 2.24) is 64.8 Å². The van der Waals surface area contributed by atoms with Gasteiger partial charge in [-0.3, -0.25) is 67.8 Å². The molecular weight excluding hydrogens is 1080 g/mol. The van der Waals surface area contributed by atoms with E-state index >= 15 is 0 Å². The Morgan fingerprint density at radius 2 is 1.37 bits per heavy atom. The molecule has 3 fully saturated rings. The minimum atomic E-state index is -3.21. The summed E-state index contributed by atoms with van der Waals surface area (Å²) < 4.78 is 35.2. The van der Waals surface area contributed by atoms with Crippen molar-refractivity contribution in [2.24, 2.45) is 0 Å². The van der Waals surface area contributed by atoms with E-state index in [1.807, 2.05) is 0 Å². The molecule has 82 heavy (non-hydrogen) atoms. The summed E-state index contributed by atoms with van der Waals surface area (Å²) in [6.45, 7) is 1.19. The molecule has 5 amide bonds. The number of hydrogen-bond donors (Lipinski definition) is 6. The number of benzene rings is 1. The Hall–Kier alpha value is -8.05. The lowest BCUT2D eigenvalue weighted by Gasteiger charge is -2.36. The van der Waals surface area contributed by atoms with Gasteiger partial charge < -0.3 is 55.9 Å². The summed E-state index contributed by atoms with van der Waals surface area (Å²) in [5.74, 6) is -9.34. The van der Waals surface area contributed by atoms with Crippen LogP contribution in [0.3, 0.4) is 0 Å². The number of aliphatic carboxylic acids is 3. The summed E-state index contributed by atoms with van der Waals surface area (Å²) in [5.41, 5.74) is 0.618. The number of piperazine rings is 1. The Balaban J connectivity index is 1.04. The highest BCUT2D eigenvalue weighted by Gasteiger charge is 2.47. The standard InChI is InChI=1S/C51H69F2N15O14/c52-51(53)28-36(29-54)67(35-51)44(71)30-58-48(78)38-7-9-55-40-4-3-37(27-39(38)40)82-26-2-11-60-22-24-65(25-23-60)49(79)41(5-6-42(69)56-8-1-12-66-13-10-57-50(66)68(80)81)59-43(70)31-61-14-16-62(32-45(72)73)18-20-64(34-47(76)77)21-19-63(17-15-61)33-46(74)75/h3-4,7,9-10,13,27,36,41H,1-2,5-6,8,11-12,14-26,28,30-35H2,(H,56,69)(H,58,78)(H,59,70)(H,72,73)(H,74,75)(H,76,77)/t36-,41-/m0/s1. The molecule has 0 unspecified atom stereocenters. The van der Waals surface area contributed by atoms with E-state index in [1.165, 1.54) is 29.2 Å². The van der Waals surface area contributed by atoms with Crippen molar-refractivity contribution in [2.75, 3.05) is 138 Å². The second-order valence-corrected chi connectivity index (χ2v) is 20.1. The summed E-state index contributed by atoms with van der Waals surface area (Å²) in [5, 5.41) is 57.8. The first-order valence-corrected chi connectivity index (χ1v) is 26.8. The number of pyridine rings is 1. The Morgan fingerprint density at radius 1 is 0.768 bits per heavy atom. The van der Waals surface area contributed by atoms with Gasteiger partial charge in [0.1, 0.15) is 30.2 Å². The number of nitrogens with zero attached hydrogens (tertiary/aromatic N) is 12. The van der Waals surface area contributed by atoms with Gasteiger partial charge in [0, 0.05) is 116 Å². The number of rotatable bonds is 26. The number of aromatic nitrogens is 3. The molecule has 31 heteroatoms. The van der Waals surface area contributed by atoms with E-state index in [-0.39, 0.29) is 136 Å². The highest BCUT2D eigenvalue weighted by molar-refractivity contribution is 6.07. The lowest BCUT2D eigenvalue weighted by Crippen LogP contribution is -2.56. The van der Waals surface area contributed by atoms with E-state index in [0.29, 0.717) is 49.1 Å². The normalized spacial score (nSPS) is 18.3. The molecule has 3 aliphatic heterocycles. The maximum Gasteiger partial charge on any atom is 0.434 e. The molecule has 0 spiro atoms. The van der Waals surface area contributed by atoms with Gasteiger partial charge in [0.2, 0.25) is 23.6 Å². The predicted molar refractivity (Wildman–Crippen MR) is 284 cm³/mol. The average molecular weight is 1150 g/mol. The number of carbonyl (C=O) groups is 8. The molecule has 3 aliphatic rings. The minimum absolute atomic E-state index is 0.0878. The summed E-state index contributed by atoms with van der Waals surface area (Å²) in [4.78, 5) is 132. The molecule has 2 atom stereocenters. The number of carboxylic acid groups (broad SMARTS) is 3. The van der Waals surface area contributed by atoms with Crippen molar-refractivity contribution in [3.8, 4) is 11.8 Å². The van der Waals surface area contributed by atoms with Gasteiger partial charge in [-0.1, -0.05) is 4.98 Å². The molecule has 29 nitrogen and oxygen atoms in total. The van der Waals surface area contributed by atoms with E-state index in [9.17, 15) is 77.8 Å². The molecule has 3 aromatic rings. The molecule has 1 aromatic carbocycles. The maximum absolute atomic E-state index is 14.3. The highest BCUT2D eigenvalue weighted by Crippen LogP contribution is 2.32. The predicted octanol–water partition coefficient (Wildman–Crippen LogP) is -1.31. The number of nitrogens with one attached hydrogen (secondary N) is 3. The highest BCUT2D eigenvalue weighted by atomic mass is 19.3. The van der Waals surface area contributed by atoms with Crippen LogP contribution in [-0.4, -0.2) is 272 Å². The van der Waals surface area contributed by atoms with Crippen molar-refractivity contribution in [2.45, 2.75) is 56.7 Å². The fourth-order valence-electron chi connectivity index (χ4n) is 9.82. The third-order valence-electron chi connectivity index (χ3n) is 14.1. The van der Waals surface area contributed by atoms with Crippen LogP contribution in [0.25, 0.3) is 10.9 Å². The first-order chi connectivity index (χ1) is 39.2. The summed E-state index contributed by atoms with van der Waals surface area (Å²) in [7, 11) is 0. The number of halogens is 2. The van der Waals surface area contributed by atoms with E-state index in [1.54, 1.807) is 48.8 Å². The van der Waals surface area contributed by atoms with Crippen molar-refractivity contribution in [3.63, 3.8) is 0 Å². The number of hydrogen-bond acceptors (Lipinski definition) is 19. The number of aryl methyl sites for hydroxylation is 1. The Labute approximate surface area is 469 Å². The number of fused-ring (bicyclic) bond motifs is 1. The zero-order chi connectivity index (χ0) is 59.3. The third-order valence-corrected chi connectivity index (χ3v) is 14.1. The summed E-state index contributed by atoms with van der Waals surface area (Å²) >= 11 is 0. The number of alkyl halides is 2. The van der Waals surface area contributed by atoms with Gasteiger partial charge in [0.25, 0.3) is 11.8 Å². The molecule has 0 saturated carbocycles. The zero-order valence-corrected chi connectivity index (χ0v) is 45.2. The molecule has 0 bridgehead atoms. The fourth-order valence-corrected chi connectivity index (χ4v) is 9.82. The number of likely N-dealkylation sites (tertiary alicyclic amines) is 1. The lowest BCUT2D eigenvalue weighted by molar-refractivity contribution is -0.396. The van der Waals surface area contributed by atoms with Crippen LogP contribution in [-0.2, 0) is 40.1 Å². The second kappa shape index (κ2) is 30.7. The van der Waals surface area contributed by atoms with Crippen molar-refractivity contribution in [3.05, 3.63) is 58.5 Å². The first kappa shape index (κ1) is 63.1. The van der Waals surface area contributed by atoms with Gasteiger partial charge in [-0.2, -0.15) is 5.26 Å². The summed E-state index contributed by atoms with van der Waals surface area (Å²) in [6.07, 6.45) is 4.02. The van der Waals surface area contributed by atoms with Crippen molar-refractivity contribution < 1.29 is 72.1 Å². The van der Waals surface area contributed by atoms with Gasteiger partial charge in [0.05, 0.1) is 69.6 Å². The minimum Gasteiger partial charge on any atom is -0.494 e. The van der Waals surface area contributed by atoms with E-state index in [2.05, 4.69) is 30.8 Å². The van der Waals surface area contributed by atoms with Crippen LogP contribution >= 0.6 is 0 Å².